The summed E-state index contributed by atoms with van der Waals surface area (Å²) in [6.45, 7) is 4.63. The molecular weight excluding hydrogens is 244 g/mol. The van der Waals surface area contributed by atoms with Crippen LogP contribution in [0.3, 0.4) is 0 Å². The summed E-state index contributed by atoms with van der Waals surface area (Å²) in [6.07, 6.45) is 1.21. The van der Waals surface area contributed by atoms with Gasteiger partial charge in [0.05, 0.1) is 6.54 Å². The van der Waals surface area contributed by atoms with Gasteiger partial charge in [0.1, 0.15) is 6.10 Å². The van der Waals surface area contributed by atoms with Gasteiger partial charge in [-0.25, -0.2) is 0 Å². The second-order valence-corrected chi connectivity index (χ2v) is 5.11. The second-order valence-electron chi connectivity index (χ2n) is 5.11. The number of nitrogens with zero attached hydrogens (tertiary/aromatic N) is 3. The molecule has 1 aromatic heterocycles. The first kappa shape index (κ1) is 12.3. The van der Waals surface area contributed by atoms with Crippen LogP contribution >= 0.6 is 0 Å². The lowest BCUT2D eigenvalue weighted by Gasteiger charge is -2.28. The summed E-state index contributed by atoms with van der Waals surface area (Å²) in [6, 6.07) is 0.487. The number of nitrogens with one attached hydrogen (secondary N) is 2. The van der Waals surface area contributed by atoms with E-state index in [1.165, 1.54) is 0 Å². The van der Waals surface area contributed by atoms with Crippen molar-refractivity contribution >= 4 is 17.6 Å². The summed E-state index contributed by atoms with van der Waals surface area (Å²) >= 11 is 0. The Morgan fingerprint density at radius 1 is 1.47 bits per heavy atom. The Balaban J connectivity index is 1.94. The molecule has 0 spiro atoms. The van der Waals surface area contributed by atoms with Gasteiger partial charge in [-0.3, -0.25) is 0 Å². The maximum absolute atomic E-state index is 5.89. The molecule has 1 aromatic rings. The number of anilines is 3. The lowest BCUT2D eigenvalue weighted by molar-refractivity contribution is 0.224. The molecule has 3 rings (SSSR count). The Kier molecular flexibility index (Phi) is 3.06. The van der Waals surface area contributed by atoms with Crippen molar-refractivity contribution in [1.29, 1.82) is 0 Å². The number of likely N-dealkylation sites (N-methyl/N-ethyl adjacent to an activating group) is 1. The number of ether oxygens (including phenoxy) is 1. The Bertz CT molecular complexity index is 480. The van der Waals surface area contributed by atoms with E-state index in [1.807, 2.05) is 14.0 Å². The van der Waals surface area contributed by atoms with E-state index in [-0.39, 0.29) is 12.1 Å². The highest BCUT2D eigenvalue weighted by atomic mass is 16.5. The predicted octanol–water partition coefficient (Wildman–Crippen LogP) is 0.0497. The van der Waals surface area contributed by atoms with Crippen LogP contribution in [0.25, 0.3) is 0 Å². The molecule has 7 heteroatoms. The first-order valence-electron chi connectivity index (χ1n) is 6.67. The zero-order valence-corrected chi connectivity index (χ0v) is 11.3. The molecule has 4 N–H and O–H groups in total. The third kappa shape index (κ3) is 2.25. The number of nitrogen functional groups attached to an aromatic ring is 1. The largest absolute Gasteiger partial charge is 0.482 e. The first-order valence-corrected chi connectivity index (χ1v) is 6.67. The number of aromatic nitrogens is 2. The Morgan fingerprint density at radius 2 is 2.32 bits per heavy atom. The molecule has 2 atom stereocenters. The number of fused-ring (bicyclic) bond motifs is 1. The fourth-order valence-corrected chi connectivity index (χ4v) is 2.57. The van der Waals surface area contributed by atoms with Crippen molar-refractivity contribution in [3.8, 4) is 5.75 Å². The molecule has 0 bridgehead atoms. The third-order valence-electron chi connectivity index (χ3n) is 3.64. The lowest BCUT2D eigenvalue weighted by Crippen LogP contribution is -2.33. The van der Waals surface area contributed by atoms with Gasteiger partial charge in [-0.2, -0.15) is 9.97 Å². The molecular formula is C12H20N6O. The van der Waals surface area contributed by atoms with Crippen molar-refractivity contribution in [3.63, 3.8) is 0 Å². The standard InChI is InChI=1S/C12H20N6O/c1-7-5-15-10-9(19-7)11(17-12(13)16-10)18-4-3-8(6-18)14-2/h7-8,14H,3-6H2,1-2H3,(H3,13,15,16,17)/t7?,8-/m1/s1. The van der Waals surface area contributed by atoms with Crippen LogP contribution in [-0.4, -0.2) is 48.8 Å². The van der Waals surface area contributed by atoms with Gasteiger partial charge in [0, 0.05) is 19.1 Å². The van der Waals surface area contributed by atoms with Gasteiger partial charge in [-0.05, 0) is 20.4 Å². The quantitative estimate of drug-likeness (QED) is 0.695. The van der Waals surface area contributed by atoms with E-state index in [9.17, 15) is 0 Å². The van der Waals surface area contributed by atoms with Gasteiger partial charge in [0.2, 0.25) is 11.7 Å². The molecule has 1 fully saturated rings. The molecule has 0 radical (unpaired) electrons. The normalized spacial score (nSPS) is 25.7. The molecule has 0 amide bonds. The molecule has 3 heterocycles. The lowest BCUT2D eigenvalue weighted by atomic mass is 10.3. The topological polar surface area (TPSA) is 88.3 Å². The minimum Gasteiger partial charge on any atom is -0.482 e. The molecule has 1 saturated heterocycles. The van der Waals surface area contributed by atoms with E-state index < -0.39 is 0 Å². The van der Waals surface area contributed by atoms with Crippen molar-refractivity contribution in [2.24, 2.45) is 0 Å². The monoisotopic (exact) mass is 264 g/mol. The first-order chi connectivity index (χ1) is 9.17. The van der Waals surface area contributed by atoms with Crippen molar-refractivity contribution in [2.75, 3.05) is 42.6 Å². The summed E-state index contributed by atoms with van der Waals surface area (Å²) < 4.78 is 5.89. The van der Waals surface area contributed by atoms with Crippen molar-refractivity contribution in [3.05, 3.63) is 0 Å². The van der Waals surface area contributed by atoms with Crippen LogP contribution in [0, 0.1) is 0 Å². The van der Waals surface area contributed by atoms with Crippen LogP contribution < -0.4 is 26.0 Å². The number of hydrogen-bond donors (Lipinski definition) is 3. The second kappa shape index (κ2) is 4.73. The van der Waals surface area contributed by atoms with Crippen LogP contribution in [-0.2, 0) is 0 Å². The average Bonchev–Trinajstić information content (AvgIpc) is 2.87. The van der Waals surface area contributed by atoms with Crippen LogP contribution in [0.15, 0.2) is 0 Å². The highest BCUT2D eigenvalue weighted by Crippen LogP contribution is 2.37. The Labute approximate surface area is 112 Å². The van der Waals surface area contributed by atoms with Gasteiger partial charge >= 0.3 is 0 Å². The van der Waals surface area contributed by atoms with Gasteiger partial charge in [-0.1, -0.05) is 0 Å². The van der Waals surface area contributed by atoms with E-state index in [0.717, 1.165) is 37.6 Å². The van der Waals surface area contributed by atoms with Crippen LogP contribution in [0.1, 0.15) is 13.3 Å². The maximum Gasteiger partial charge on any atom is 0.224 e. The van der Waals surface area contributed by atoms with E-state index >= 15 is 0 Å². The summed E-state index contributed by atoms with van der Waals surface area (Å²) in [5, 5.41) is 6.54. The Hall–Kier alpha value is -1.76. The number of hydrogen-bond acceptors (Lipinski definition) is 7. The molecule has 0 aromatic carbocycles. The summed E-state index contributed by atoms with van der Waals surface area (Å²) in [5.74, 6) is 2.52. The van der Waals surface area contributed by atoms with Crippen LogP contribution in [0.5, 0.6) is 5.75 Å². The predicted molar refractivity (Wildman–Crippen MR) is 74.7 cm³/mol. The van der Waals surface area contributed by atoms with Gasteiger partial charge in [-0.15, -0.1) is 0 Å². The van der Waals surface area contributed by atoms with E-state index in [1.54, 1.807) is 0 Å². The van der Waals surface area contributed by atoms with Gasteiger partial charge in [0.15, 0.2) is 11.6 Å². The molecule has 0 saturated carbocycles. The van der Waals surface area contributed by atoms with Crippen LogP contribution in [0.4, 0.5) is 17.6 Å². The molecule has 2 aliphatic heterocycles. The molecule has 19 heavy (non-hydrogen) atoms. The van der Waals surface area contributed by atoms with Gasteiger partial charge in [0.25, 0.3) is 0 Å². The highest BCUT2D eigenvalue weighted by molar-refractivity contribution is 5.68. The fourth-order valence-electron chi connectivity index (χ4n) is 2.57. The minimum atomic E-state index is 0.112. The fraction of sp³-hybridized carbons (Fsp3) is 0.667. The van der Waals surface area contributed by atoms with E-state index in [2.05, 4.69) is 25.5 Å². The minimum absolute atomic E-state index is 0.112. The van der Waals surface area contributed by atoms with E-state index in [0.29, 0.717) is 11.9 Å². The summed E-state index contributed by atoms with van der Waals surface area (Å²) in [5.41, 5.74) is 5.79. The number of rotatable bonds is 2. The smallest absolute Gasteiger partial charge is 0.224 e. The zero-order valence-electron chi connectivity index (χ0n) is 11.3. The molecule has 7 nitrogen and oxygen atoms in total. The third-order valence-corrected chi connectivity index (χ3v) is 3.64. The average molecular weight is 264 g/mol. The molecule has 104 valence electrons. The van der Waals surface area contributed by atoms with E-state index in [4.69, 9.17) is 10.5 Å². The Morgan fingerprint density at radius 3 is 3.05 bits per heavy atom. The zero-order chi connectivity index (χ0) is 13.4. The van der Waals surface area contributed by atoms with Crippen molar-refractivity contribution in [2.45, 2.75) is 25.5 Å². The highest BCUT2D eigenvalue weighted by Gasteiger charge is 2.29. The summed E-state index contributed by atoms with van der Waals surface area (Å²) in [7, 11) is 1.98. The van der Waals surface area contributed by atoms with Crippen LogP contribution in [0.2, 0.25) is 0 Å². The molecule has 0 aliphatic carbocycles. The van der Waals surface area contributed by atoms with Gasteiger partial charge < -0.3 is 26.0 Å². The molecule has 1 unspecified atom stereocenters. The summed E-state index contributed by atoms with van der Waals surface area (Å²) in [4.78, 5) is 10.8. The SMILES string of the molecule is CN[C@@H]1CCN(c2nc(N)nc3c2OC(C)CN3)C1. The maximum atomic E-state index is 5.89. The number of nitrogens with two attached hydrogens (primary N) is 1. The van der Waals surface area contributed by atoms with Crippen molar-refractivity contribution in [1.82, 2.24) is 15.3 Å². The molecule has 2 aliphatic rings. The van der Waals surface area contributed by atoms with Crippen molar-refractivity contribution < 1.29 is 4.74 Å².